The Labute approximate surface area is 126 Å². The van der Waals surface area contributed by atoms with Crippen molar-refractivity contribution in [1.82, 2.24) is 5.32 Å². The second-order valence-electron chi connectivity index (χ2n) is 6.12. The van der Waals surface area contributed by atoms with Gasteiger partial charge in [0.2, 0.25) is 0 Å². The van der Waals surface area contributed by atoms with Gasteiger partial charge in [0.25, 0.3) is 0 Å². The molecule has 0 radical (unpaired) electrons. The van der Waals surface area contributed by atoms with Gasteiger partial charge in [-0.3, -0.25) is 0 Å². The van der Waals surface area contributed by atoms with Crippen LogP contribution in [0.25, 0.3) is 0 Å². The standard InChI is InChI=1S/C17H27F2NO/c1-5-6-13(4)11-21-17-15(18)7-14(8-16(17)19)10-20-9-12(2)3/h7-8,12-13,20H,5-6,9-11H2,1-4H3. The highest BCUT2D eigenvalue weighted by atomic mass is 19.1. The molecule has 0 fully saturated rings. The average molecular weight is 299 g/mol. The average Bonchev–Trinajstić information content (AvgIpc) is 2.37. The van der Waals surface area contributed by atoms with E-state index in [1.54, 1.807) is 0 Å². The predicted molar refractivity (Wildman–Crippen MR) is 82.5 cm³/mol. The first-order valence-corrected chi connectivity index (χ1v) is 7.75. The molecule has 0 aliphatic rings. The lowest BCUT2D eigenvalue weighted by molar-refractivity contribution is 0.231. The van der Waals surface area contributed by atoms with Crippen LogP contribution < -0.4 is 10.1 Å². The van der Waals surface area contributed by atoms with Crippen LogP contribution in [0.15, 0.2) is 12.1 Å². The van der Waals surface area contributed by atoms with Crippen molar-refractivity contribution in [2.24, 2.45) is 11.8 Å². The van der Waals surface area contributed by atoms with Crippen molar-refractivity contribution in [3.63, 3.8) is 0 Å². The fourth-order valence-electron chi connectivity index (χ4n) is 2.16. The molecule has 0 bridgehead atoms. The fraction of sp³-hybridized carbons (Fsp3) is 0.647. The maximum absolute atomic E-state index is 13.9. The van der Waals surface area contributed by atoms with E-state index in [1.165, 1.54) is 12.1 Å². The van der Waals surface area contributed by atoms with Crippen LogP contribution in [0, 0.1) is 23.5 Å². The molecule has 1 aromatic rings. The zero-order valence-corrected chi connectivity index (χ0v) is 13.5. The third-order valence-corrected chi connectivity index (χ3v) is 3.23. The van der Waals surface area contributed by atoms with Crippen molar-refractivity contribution < 1.29 is 13.5 Å². The van der Waals surface area contributed by atoms with Gasteiger partial charge in [-0.15, -0.1) is 0 Å². The first-order valence-electron chi connectivity index (χ1n) is 7.75. The lowest BCUT2D eigenvalue weighted by Gasteiger charge is -2.14. The molecule has 120 valence electrons. The molecule has 1 N–H and O–H groups in total. The number of hydrogen-bond acceptors (Lipinski definition) is 2. The third kappa shape index (κ3) is 6.42. The number of nitrogens with one attached hydrogen (secondary N) is 1. The first kappa shape index (κ1) is 17.9. The third-order valence-electron chi connectivity index (χ3n) is 3.23. The van der Waals surface area contributed by atoms with Gasteiger partial charge in [-0.2, -0.15) is 0 Å². The Balaban J connectivity index is 2.62. The van der Waals surface area contributed by atoms with Gasteiger partial charge in [0, 0.05) is 6.54 Å². The van der Waals surface area contributed by atoms with E-state index in [2.05, 4.69) is 26.1 Å². The summed E-state index contributed by atoms with van der Waals surface area (Å²) in [5, 5.41) is 3.17. The first-order chi connectivity index (χ1) is 9.93. The van der Waals surface area contributed by atoms with Gasteiger partial charge in [0.1, 0.15) is 0 Å². The molecule has 1 unspecified atom stereocenters. The fourth-order valence-corrected chi connectivity index (χ4v) is 2.16. The van der Waals surface area contributed by atoms with Gasteiger partial charge in [-0.1, -0.05) is 34.1 Å². The van der Waals surface area contributed by atoms with Crippen molar-refractivity contribution in [3.8, 4) is 5.75 Å². The Morgan fingerprint density at radius 2 is 1.76 bits per heavy atom. The molecule has 0 amide bonds. The predicted octanol–water partition coefficient (Wildman–Crippen LogP) is 4.53. The van der Waals surface area contributed by atoms with Crippen molar-refractivity contribution >= 4 is 0 Å². The molecule has 1 atom stereocenters. The minimum Gasteiger partial charge on any atom is -0.487 e. The normalized spacial score (nSPS) is 12.7. The summed E-state index contributed by atoms with van der Waals surface area (Å²) in [5.74, 6) is -0.714. The van der Waals surface area contributed by atoms with Crippen LogP contribution in [0.2, 0.25) is 0 Å². The maximum atomic E-state index is 13.9. The molecular formula is C17H27F2NO. The Kier molecular flexibility index (Phi) is 7.65. The molecule has 0 aliphatic carbocycles. The van der Waals surface area contributed by atoms with Crippen molar-refractivity contribution in [2.75, 3.05) is 13.2 Å². The molecular weight excluding hydrogens is 272 g/mol. The van der Waals surface area contributed by atoms with E-state index in [0.29, 0.717) is 30.6 Å². The summed E-state index contributed by atoms with van der Waals surface area (Å²) >= 11 is 0. The van der Waals surface area contributed by atoms with Crippen LogP contribution >= 0.6 is 0 Å². The number of benzene rings is 1. The summed E-state index contributed by atoms with van der Waals surface area (Å²) in [4.78, 5) is 0. The largest absolute Gasteiger partial charge is 0.487 e. The van der Waals surface area contributed by atoms with Gasteiger partial charge in [-0.05, 0) is 42.5 Å². The van der Waals surface area contributed by atoms with Gasteiger partial charge >= 0.3 is 0 Å². The lowest BCUT2D eigenvalue weighted by atomic mass is 10.1. The summed E-state index contributed by atoms with van der Waals surface area (Å²) in [6.07, 6.45) is 2.02. The maximum Gasteiger partial charge on any atom is 0.190 e. The Hall–Kier alpha value is -1.16. The molecule has 21 heavy (non-hydrogen) atoms. The van der Waals surface area contributed by atoms with Crippen molar-refractivity contribution in [2.45, 2.75) is 47.1 Å². The molecule has 0 saturated carbocycles. The topological polar surface area (TPSA) is 21.3 Å². The molecule has 0 heterocycles. The monoisotopic (exact) mass is 299 g/mol. The highest BCUT2D eigenvalue weighted by Crippen LogP contribution is 2.24. The Bertz CT molecular complexity index is 412. The van der Waals surface area contributed by atoms with Crippen LogP contribution in [0.5, 0.6) is 5.75 Å². The summed E-state index contributed by atoms with van der Waals surface area (Å²) in [6.45, 7) is 9.88. The highest BCUT2D eigenvalue weighted by Gasteiger charge is 2.14. The Morgan fingerprint density at radius 1 is 1.14 bits per heavy atom. The molecule has 1 rings (SSSR count). The smallest absolute Gasteiger partial charge is 0.190 e. The molecule has 1 aromatic carbocycles. The lowest BCUT2D eigenvalue weighted by Crippen LogP contribution is -2.19. The van der Waals surface area contributed by atoms with E-state index in [1.807, 2.05) is 6.92 Å². The minimum absolute atomic E-state index is 0.259. The summed E-state index contributed by atoms with van der Waals surface area (Å²) in [5.41, 5.74) is 0.597. The zero-order valence-electron chi connectivity index (χ0n) is 13.5. The van der Waals surface area contributed by atoms with Crippen LogP contribution in [0.3, 0.4) is 0 Å². The second-order valence-corrected chi connectivity index (χ2v) is 6.12. The van der Waals surface area contributed by atoms with Gasteiger partial charge in [0.05, 0.1) is 6.61 Å². The zero-order chi connectivity index (χ0) is 15.8. The summed E-state index contributed by atoms with van der Waals surface area (Å²) in [7, 11) is 0. The number of ether oxygens (including phenoxy) is 1. The number of halogens is 2. The Morgan fingerprint density at radius 3 is 2.29 bits per heavy atom. The number of hydrogen-bond donors (Lipinski definition) is 1. The highest BCUT2D eigenvalue weighted by molar-refractivity contribution is 5.31. The molecule has 0 aliphatic heterocycles. The SMILES string of the molecule is CCCC(C)COc1c(F)cc(CNCC(C)C)cc1F. The molecule has 4 heteroatoms. The van der Waals surface area contributed by atoms with E-state index in [4.69, 9.17) is 4.74 Å². The second kappa shape index (κ2) is 8.98. The summed E-state index contributed by atoms with van der Waals surface area (Å²) < 4.78 is 33.2. The van der Waals surface area contributed by atoms with Crippen LogP contribution in [0.1, 0.15) is 46.1 Å². The van der Waals surface area contributed by atoms with E-state index in [0.717, 1.165) is 19.4 Å². The minimum atomic E-state index is -0.625. The van der Waals surface area contributed by atoms with Crippen LogP contribution in [0.4, 0.5) is 8.78 Å². The molecule has 0 spiro atoms. The van der Waals surface area contributed by atoms with E-state index < -0.39 is 11.6 Å². The van der Waals surface area contributed by atoms with Crippen molar-refractivity contribution in [1.29, 1.82) is 0 Å². The van der Waals surface area contributed by atoms with Crippen molar-refractivity contribution in [3.05, 3.63) is 29.3 Å². The van der Waals surface area contributed by atoms with E-state index >= 15 is 0 Å². The van der Waals surface area contributed by atoms with E-state index in [9.17, 15) is 8.78 Å². The van der Waals surface area contributed by atoms with Crippen LogP contribution in [-0.2, 0) is 6.54 Å². The van der Waals surface area contributed by atoms with Gasteiger partial charge in [-0.25, -0.2) is 8.78 Å². The number of rotatable bonds is 9. The van der Waals surface area contributed by atoms with Gasteiger partial charge < -0.3 is 10.1 Å². The van der Waals surface area contributed by atoms with Gasteiger partial charge in [0.15, 0.2) is 17.4 Å². The quantitative estimate of drug-likeness (QED) is 0.723. The van der Waals surface area contributed by atoms with E-state index in [-0.39, 0.29) is 5.75 Å². The molecule has 2 nitrogen and oxygen atoms in total. The molecule has 0 aromatic heterocycles. The van der Waals surface area contributed by atoms with Crippen LogP contribution in [-0.4, -0.2) is 13.2 Å². The summed E-state index contributed by atoms with van der Waals surface area (Å²) in [6, 6.07) is 2.69. The molecule has 0 saturated heterocycles.